The second-order valence-electron chi connectivity index (χ2n) is 5.58. The molecule has 1 atom stereocenters. The molecule has 2 rings (SSSR count). The third-order valence-electron chi connectivity index (χ3n) is 3.57. The van der Waals surface area contributed by atoms with E-state index in [4.69, 9.17) is 4.74 Å². The van der Waals surface area contributed by atoms with Gasteiger partial charge in [-0.15, -0.1) is 0 Å². The topological polar surface area (TPSA) is 84.5 Å². The molecule has 0 aliphatic carbocycles. The summed E-state index contributed by atoms with van der Waals surface area (Å²) in [6.45, 7) is 1.32. The molecule has 0 bridgehead atoms. The van der Waals surface area contributed by atoms with E-state index in [2.05, 4.69) is 10.0 Å². The van der Waals surface area contributed by atoms with Crippen LogP contribution in [-0.4, -0.2) is 27.5 Å². The van der Waals surface area contributed by atoms with Crippen LogP contribution in [0.25, 0.3) is 0 Å². The third kappa shape index (κ3) is 5.44. The van der Waals surface area contributed by atoms with Crippen LogP contribution in [0.5, 0.6) is 5.75 Å². The number of sulfonamides is 1. The molecule has 27 heavy (non-hydrogen) atoms. The van der Waals surface area contributed by atoms with E-state index in [1.54, 1.807) is 0 Å². The first-order chi connectivity index (χ1) is 12.5. The fourth-order valence-corrected chi connectivity index (χ4v) is 3.31. The highest BCUT2D eigenvalue weighted by atomic mass is 32.2. The molecular weight excluding hydrogens is 385 g/mol. The van der Waals surface area contributed by atoms with Crippen molar-refractivity contribution in [2.75, 3.05) is 12.4 Å². The summed E-state index contributed by atoms with van der Waals surface area (Å²) in [5.41, 5.74) is -0.739. The van der Waals surface area contributed by atoms with Gasteiger partial charge in [-0.25, -0.2) is 8.42 Å². The van der Waals surface area contributed by atoms with E-state index in [1.165, 1.54) is 38.3 Å². The van der Waals surface area contributed by atoms with Crippen LogP contribution in [-0.2, 0) is 21.0 Å². The van der Waals surface area contributed by atoms with Gasteiger partial charge in [0.25, 0.3) is 0 Å². The molecule has 1 amide bonds. The van der Waals surface area contributed by atoms with Gasteiger partial charge in [-0.05, 0) is 55.5 Å². The molecule has 0 radical (unpaired) electrons. The Morgan fingerprint density at radius 2 is 1.59 bits per heavy atom. The maximum atomic E-state index is 12.5. The predicted molar refractivity (Wildman–Crippen MR) is 92.9 cm³/mol. The lowest BCUT2D eigenvalue weighted by molar-refractivity contribution is -0.137. The molecule has 0 aromatic heterocycles. The monoisotopic (exact) mass is 402 g/mol. The van der Waals surface area contributed by atoms with Crippen LogP contribution in [0.4, 0.5) is 18.9 Å². The summed E-state index contributed by atoms with van der Waals surface area (Å²) in [6.07, 6.45) is -4.48. The zero-order valence-electron chi connectivity index (χ0n) is 14.4. The zero-order chi connectivity index (χ0) is 20.2. The van der Waals surface area contributed by atoms with Crippen LogP contribution in [0.15, 0.2) is 53.4 Å². The Morgan fingerprint density at radius 1 is 1.04 bits per heavy atom. The second-order valence-corrected chi connectivity index (χ2v) is 7.30. The summed E-state index contributed by atoms with van der Waals surface area (Å²) >= 11 is 0. The van der Waals surface area contributed by atoms with Crippen LogP contribution < -0.4 is 14.8 Å². The van der Waals surface area contributed by atoms with Crippen molar-refractivity contribution in [3.05, 3.63) is 54.1 Å². The van der Waals surface area contributed by atoms with Crippen LogP contribution in [0.2, 0.25) is 0 Å². The highest BCUT2D eigenvalue weighted by molar-refractivity contribution is 7.89. The summed E-state index contributed by atoms with van der Waals surface area (Å²) < 4.78 is 69.3. The number of anilines is 1. The Morgan fingerprint density at radius 3 is 2.07 bits per heavy atom. The van der Waals surface area contributed by atoms with E-state index < -0.39 is 33.7 Å². The summed E-state index contributed by atoms with van der Waals surface area (Å²) in [5, 5.41) is 2.36. The number of carbonyl (C=O) groups is 1. The molecule has 6 nitrogen and oxygen atoms in total. The molecule has 0 saturated heterocycles. The van der Waals surface area contributed by atoms with E-state index in [0.717, 1.165) is 24.3 Å². The SMILES string of the molecule is COc1ccc(S(=O)(=O)N[C@@H](C)C(=O)Nc2ccc(C(F)(F)F)cc2)cc1. The summed E-state index contributed by atoms with van der Waals surface area (Å²) in [7, 11) is -2.52. The third-order valence-corrected chi connectivity index (χ3v) is 5.13. The maximum absolute atomic E-state index is 12.5. The minimum Gasteiger partial charge on any atom is -0.497 e. The van der Waals surface area contributed by atoms with E-state index in [-0.39, 0.29) is 10.6 Å². The molecular formula is C17H17F3N2O4S. The molecule has 0 aliphatic heterocycles. The van der Waals surface area contributed by atoms with Crippen molar-refractivity contribution in [1.29, 1.82) is 0 Å². The standard InChI is InChI=1S/C17H17F3N2O4S/c1-11(22-27(24,25)15-9-7-14(26-2)8-10-15)16(23)21-13-5-3-12(4-6-13)17(18,19)20/h3-11,22H,1-2H3,(H,21,23)/t11-/m0/s1. The number of ether oxygens (including phenoxy) is 1. The van der Waals surface area contributed by atoms with Gasteiger partial charge in [-0.2, -0.15) is 17.9 Å². The lowest BCUT2D eigenvalue weighted by Gasteiger charge is -2.15. The van der Waals surface area contributed by atoms with E-state index >= 15 is 0 Å². The lowest BCUT2D eigenvalue weighted by atomic mass is 10.2. The fourth-order valence-electron chi connectivity index (χ4n) is 2.10. The van der Waals surface area contributed by atoms with Crippen molar-refractivity contribution in [2.24, 2.45) is 0 Å². The lowest BCUT2D eigenvalue weighted by Crippen LogP contribution is -2.41. The van der Waals surface area contributed by atoms with Gasteiger partial charge < -0.3 is 10.1 Å². The number of hydrogen-bond acceptors (Lipinski definition) is 4. The molecule has 2 aromatic rings. The number of halogens is 3. The highest BCUT2D eigenvalue weighted by Gasteiger charge is 2.30. The van der Waals surface area contributed by atoms with E-state index in [9.17, 15) is 26.4 Å². The second kappa shape index (κ2) is 7.97. The van der Waals surface area contributed by atoms with Crippen LogP contribution in [0.3, 0.4) is 0 Å². The number of nitrogens with one attached hydrogen (secondary N) is 2. The molecule has 0 unspecified atom stereocenters. The van der Waals surface area contributed by atoms with Crippen LogP contribution >= 0.6 is 0 Å². The van der Waals surface area contributed by atoms with Gasteiger partial charge in [-0.1, -0.05) is 0 Å². The van der Waals surface area contributed by atoms with Crippen molar-refractivity contribution in [3.63, 3.8) is 0 Å². The Kier molecular flexibility index (Phi) is 6.11. The molecule has 2 aromatic carbocycles. The van der Waals surface area contributed by atoms with E-state index in [0.29, 0.717) is 5.75 Å². The largest absolute Gasteiger partial charge is 0.497 e. The number of amides is 1. The molecule has 0 aliphatic rings. The Bertz CT molecular complexity index is 895. The number of rotatable bonds is 6. The maximum Gasteiger partial charge on any atom is 0.416 e. The molecule has 2 N–H and O–H groups in total. The zero-order valence-corrected chi connectivity index (χ0v) is 15.2. The predicted octanol–water partition coefficient (Wildman–Crippen LogP) is 3.02. The molecule has 0 heterocycles. The van der Waals surface area contributed by atoms with Crippen molar-refractivity contribution in [2.45, 2.75) is 24.0 Å². The Labute approximate surface area is 154 Å². The molecule has 0 fully saturated rings. The van der Waals surface area contributed by atoms with E-state index in [1.807, 2.05) is 0 Å². The smallest absolute Gasteiger partial charge is 0.416 e. The first kappa shape index (κ1) is 20.7. The average Bonchev–Trinajstić information content (AvgIpc) is 2.61. The quantitative estimate of drug-likeness (QED) is 0.778. The minimum absolute atomic E-state index is 0.0579. The molecule has 0 saturated carbocycles. The van der Waals surface area contributed by atoms with Gasteiger partial charge in [0.15, 0.2) is 0 Å². The first-order valence-corrected chi connectivity index (χ1v) is 9.16. The minimum atomic E-state index is -4.48. The number of hydrogen-bond donors (Lipinski definition) is 2. The average molecular weight is 402 g/mol. The van der Waals surface area contributed by atoms with Crippen molar-refractivity contribution in [1.82, 2.24) is 4.72 Å². The van der Waals surface area contributed by atoms with Crippen molar-refractivity contribution in [3.8, 4) is 5.75 Å². The number of carbonyl (C=O) groups excluding carboxylic acids is 1. The fraction of sp³-hybridized carbons (Fsp3) is 0.235. The van der Waals surface area contributed by atoms with Gasteiger partial charge in [0, 0.05) is 5.69 Å². The number of alkyl halides is 3. The van der Waals surface area contributed by atoms with Gasteiger partial charge in [0.1, 0.15) is 5.75 Å². The Balaban J connectivity index is 2.03. The van der Waals surface area contributed by atoms with Crippen molar-refractivity contribution >= 4 is 21.6 Å². The summed E-state index contributed by atoms with van der Waals surface area (Å²) in [6, 6.07) is 8.23. The normalized spacial score (nSPS) is 13.1. The van der Waals surface area contributed by atoms with Gasteiger partial charge >= 0.3 is 6.18 Å². The number of methoxy groups -OCH3 is 1. The van der Waals surface area contributed by atoms with Gasteiger partial charge in [-0.3, -0.25) is 4.79 Å². The van der Waals surface area contributed by atoms with Gasteiger partial charge in [0.05, 0.1) is 23.6 Å². The van der Waals surface area contributed by atoms with Gasteiger partial charge in [0.2, 0.25) is 15.9 Å². The molecule has 146 valence electrons. The molecule has 0 spiro atoms. The Hall–Kier alpha value is -2.59. The summed E-state index contributed by atoms with van der Waals surface area (Å²) in [4.78, 5) is 12.1. The first-order valence-electron chi connectivity index (χ1n) is 7.67. The highest BCUT2D eigenvalue weighted by Crippen LogP contribution is 2.29. The number of benzene rings is 2. The van der Waals surface area contributed by atoms with Crippen LogP contribution in [0.1, 0.15) is 12.5 Å². The summed E-state index contributed by atoms with van der Waals surface area (Å²) in [5.74, 6) is -0.242. The van der Waals surface area contributed by atoms with Crippen molar-refractivity contribution < 1.29 is 31.1 Å². The van der Waals surface area contributed by atoms with Crippen LogP contribution in [0, 0.1) is 0 Å². The molecule has 10 heteroatoms.